The third-order valence-electron chi connectivity index (χ3n) is 6.09. The summed E-state index contributed by atoms with van der Waals surface area (Å²) < 4.78 is 0. The van der Waals surface area contributed by atoms with E-state index >= 15 is 0 Å². The zero-order valence-corrected chi connectivity index (χ0v) is 10.8. The van der Waals surface area contributed by atoms with Crippen LogP contribution in [-0.4, -0.2) is 55.1 Å². The van der Waals surface area contributed by atoms with Gasteiger partial charge >= 0.3 is 0 Å². The summed E-state index contributed by atoms with van der Waals surface area (Å²) >= 11 is 0. The molecule has 4 heterocycles. The number of nitrogens with two attached hydrogens (primary N) is 1. The second-order valence-corrected chi connectivity index (χ2v) is 6.97. The summed E-state index contributed by atoms with van der Waals surface area (Å²) in [7, 11) is 0. The van der Waals surface area contributed by atoms with Crippen molar-refractivity contribution in [2.24, 2.45) is 23.0 Å². The van der Waals surface area contributed by atoms with Crippen LogP contribution in [0.5, 0.6) is 0 Å². The van der Waals surface area contributed by atoms with E-state index in [1.165, 1.54) is 65.0 Å². The highest BCUT2D eigenvalue weighted by Gasteiger charge is 2.56. The Bertz CT molecular complexity index is 291. The summed E-state index contributed by atoms with van der Waals surface area (Å²) in [5, 5.41) is 0. The minimum atomic E-state index is 0.453. The van der Waals surface area contributed by atoms with Gasteiger partial charge in [-0.05, 0) is 18.8 Å². The molecule has 0 aromatic heterocycles. The first-order valence-electron chi connectivity index (χ1n) is 7.48. The lowest BCUT2D eigenvalue weighted by molar-refractivity contribution is -0.0541. The maximum absolute atomic E-state index is 6.70. The van der Waals surface area contributed by atoms with Crippen molar-refractivity contribution in [3.63, 3.8) is 0 Å². The predicted molar refractivity (Wildman–Crippen MR) is 68.7 cm³/mol. The van der Waals surface area contributed by atoms with Crippen LogP contribution in [0.1, 0.15) is 25.7 Å². The van der Waals surface area contributed by atoms with Gasteiger partial charge in [0.15, 0.2) is 0 Å². The second kappa shape index (κ2) is 3.69. The van der Waals surface area contributed by atoms with Crippen LogP contribution < -0.4 is 5.73 Å². The van der Waals surface area contributed by atoms with Crippen LogP contribution >= 0.6 is 0 Å². The molecule has 5 rings (SSSR count). The van der Waals surface area contributed by atoms with Gasteiger partial charge in [-0.25, -0.2) is 0 Å². The maximum atomic E-state index is 6.70. The lowest BCUT2D eigenvalue weighted by Crippen LogP contribution is -2.68. The molecule has 0 amide bonds. The van der Waals surface area contributed by atoms with Crippen LogP contribution in [-0.2, 0) is 0 Å². The molecule has 17 heavy (non-hydrogen) atoms. The minimum Gasteiger partial charge on any atom is -0.327 e. The Morgan fingerprint density at radius 2 is 1.53 bits per heavy atom. The highest BCUT2D eigenvalue weighted by Crippen LogP contribution is 2.50. The van der Waals surface area contributed by atoms with Crippen molar-refractivity contribution in [3.05, 3.63) is 0 Å². The first-order chi connectivity index (χ1) is 8.28. The number of fused-ring (bicyclic) bond motifs is 1. The van der Waals surface area contributed by atoms with Gasteiger partial charge in [0, 0.05) is 56.6 Å². The zero-order valence-electron chi connectivity index (χ0n) is 10.8. The monoisotopic (exact) mass is 235 g/mol. The van der Waals surface area contributed by atoms with Crippen LogP contribution in [0.2, 0.25) is 0 Å². The van der Waals surface area contributed by atoms with Crippen molar-refractivity contribution in [2.45, 2.75) is 31.7 Å². The molecule has 96 valence electrons. The van der Waals surface area contributed by atoms with E-state index in [-0.39, 0.29) is 0 Å². The standard InChI is InChI=1S/C14H25N3/c15-13-11-7-16-5-6-17(8-11)10-14(13,9-16)12-3-1-2-4-12/h11-13H,1-10,15H2. The van der Waals surface area contributed by atoms with Crippen molar-refractivity contribution in [3.8, 4) is 0 Å². The number of hydrogen-bond donors (Lipinski definition) is 1. The average Bonchev–Trinajstić information content (AvgIpc) is 2.72. The Morgan fingerprint density at radius 3 is 2.12 bits per heavy atom. The Kier molecular flexibility index (Phi) is 2.34. The molecule has 1 aliphatic carbocycles. The molecule has 5 aliphatic rings. The number of rotatable bonds is 1. The molecule has 3 heteroatoms. The average molecular weight is 235 g/mol. The second-order valence-electron chi connectivity index (χ2n) is 6.97. The van der Waals surface area contributed by atoms with Gasteiger partial charge in [-0.3, -0.25) is 0 Å². The molecular weight excluding hydrogens is 210 g/mol. The van der Waals surface area contributed by atoms with Crippen molar-refractivity contribution in [1.29, 1.82) is 0 Å². The summed E-state index contributed by atoms with van der Waals surface area (Å²) in [6, 6.07) is 0.483. The van der Waals surface area contributed by atoms with Crippen LogP contribution in [0.3, 0.4) is 0 Å². The molecule has 4 bridgehead atoms. The van der Waals surface area contributed by atoms with Crippen LogP contribution in [0, 0.1) is 17.3 Å². The number of nitrogens with zero attached hydrogens (tertiary/aromatic N) is 2. The first kappa shape index (κ1) is 10.8. The quantitative estimate of drug-likeness (QED) is 0.728. The highest BCUT2D eigenvalue weighted by atomic mass is 15.3. The van der Waals surface area contributed by atoms with Gasteiger partial charge in [0.2, 0.25) is 0 Å². The molecular formula is C14H25N3. The van der Waals surface area contributed by atoms with Gasteiger partial charge < -0.3 is 15.5 Å². The van der Waals surface area contributed by atoms with Crippen molar-refractivity contribution in [1.82, 2.24) is 9.80 Å². The van der Waals surface area contributed by atoms with Gasteiger partial charge in [-0.2, -0.15) is 0 Å². The fraction of sp³-hybridized carbons (Fsp3) is 1.00. The Balaban J connectivity index is 1.72. The number of piperidine rings is 2. The summed E-state index contributed by atoms with van der Waals surface area (Å²) in [5.74, 6) is 1.67. The fourth-order valence-corrected chi connectivity index (χ4v) is 5.29. The summed E-state index contributed by atoms with van der Waals surface area (Å²) in [4.78, 5) is 5.44. The van der Waals surface area contributed by atoms with E-state index in [1.807, 2.05) is 0 Å². The van der Waals surface area contributed by atoms with Crippen LogP contribution in [0.4, 0.5) is 0 Å². The molecule has 3 nitrogen and oxygen atoms in total. The summed E-state index contributed by atoms with van der Waals surface area (Å²) in [6.07, 6.45) is 5.79. The predicted octanol–water partition coefficient (Wildman–Crippen LogP) is 0.751. The van der Waals surface area contributed by atoms with Gasteiger partial charge in [0.25, 0.3) is 0 Å². The SMILES string of the molecule is NC1C2CN3CCN(C2)CC1(C1CCCC1)C3. The third kappa shape index (κ3) is 1.45. The van der Waals surface area contributed by atoms with E-state index in [9.17, 15) is 0 Å². The molecule has 0 aromatic rings. The normalized spacial score (nSPS) is 54.2. The molecule has 4 saturated heterocycles. The van der Waals surface area contributed by atoms with E-state index in [4.69, 9.17) is 5.73 Å². The van der Waals surface area contributed by atoms with E-state index in [1.54, 1.807) is 0 Å². The molecule has 1 saturated carbocycles. The molecule has 4 aliphatic heterocycles. The first-order valence-corrected chi connectivity index (χ1v) is 7.48. The van der Waals surface area contributed by atoms with Crippen molar-refractivity contribution >= 4 is 0 Å². The smallest absolute Gasteiger partial charge is 0.0176 e. The van der Waals surface area contributed by atoms with Crippen LogP contribution in [0.15, 0.2) is 0 Å². The van der Waals surface area contributed by atoms with Gasteiger partial charge in [0.1, 0.15) is 0 Å². The van der Waals surface area contributed by atoms with E-state index < -0.39 is 0 Å². The largest absolute Gasteiger partial charge is 0.327 e. The minimum absolute atomic E-state index is 0.453. The van der Waals surface area contributed by atoms with Crippen molar-refractivity contribution < 1.29 is 0 Å². The summed E-state index contributed by atoms with van der Waals surface area (Å²) in [6.45, 7) is 7.71. The topological polar surface area (TPSA) is 32.5 Å². The van der Waals surface area contributed by atoms with E-state index in [0.717, 1.165) is 11.8 Å². The Hall–Kier alpha value is -0.120. The Labute approximate surface area is 104 Å². The molecule has 0 spiro atoms. The van der Waals surface area contributed by atoms with E-state index in [2.05, 4.69) is 9.80 Å². The summed E-state index contributed by atoms with van der Waals surface area (Å²) in [5.41, 5.74) is 7.15. The molecule has 3 unspecified atom stereocenters. The fourth-order valence-electron chi connectivity index (χ4n) is 5.29. The van der Waals surface area contributed by atoms with Gasteiger partial charge in [0.05, 0.1) is 0 Å². The lowest BCUT2D eigenvalue weighted by Gasteiger charge is -2.57. The molecule has 5 fully saturated rings. The van der Waals surface area contributed by atoms with Gasteiger partial charge in [-0.15, -0.1) is 0 Å². The highest BCUT2D eigenvalue weighted by molar-refractivity contribution is 5.10. The molecule has 2 N–H and O–H groups in total. The third-order valence-corrected chi connectivity index (χ3v) is 6.09. The van der Waals surface area contributed by atoms with Gasteiger partial charge in [-0.1, -0.05) is 12.8 Å². The zero-order chi connectivity index (χ0) is 11.5. The molecule has 3 atom stereocenters. The lowest BCUT2D eigenvalue weighted by atomic mass is 9.61. The van der Waals surface area contributed by atoms with Crippen molar-refractivity contribution in [2.75, 3.05) is 39.3 Å². The maximum Gasteiger partial charge on any atom is 0.0176 e. The van der Waals surface area contributed by atoms with Crippen LogP contribution in [0.25, 0.3) is 0 Å². The molecule has 0 radical (unpaired) electrons. The number of hydrogen-bond acceptors (Lipinski definition) is 3. The van der Waals surface area contributed by atoms with E-state index in [0.29, 0.717) is 11.5 Å². The molecule has 0 aromatic carbocycles. The Morgan fingerprint density at radius 1 is 0.941 bits per heavy atom.